The van der Waals surface area contributed by atoms with Crippen molar-refractivity contribution in [2.45, 2.75) is 33.6 Å². The molecule has 0 heterocycles. The van der Waals surface area contributed by atoms with Crippen LogP contribution in [0.1, 0.15) is 33.6 Å². The summed E-state index contributed by atoms with van der Waals surface area (Å²) in [6, 6.07) is 0. The van der Waals surface area contributed by atoms with E-state index in [0.717, 1.165) is 19.4 Å². The van der Waals surface area contributed by atoms with E-state index in [1.54, 1.807) is 0 Å². The van der Waals surface area contributed by atoms with E-state index in [0.29, 0.717) is 11.6 Å². The highest BCUT2D eigenvalue weighted by Gasteiger charge is 1.95. The predicted molar refractivity (Wildman–Crippen MR) is 54.6 cm³/mol. The standard InChI is InChI=1S/C10H20N2/c1-4-6-12-7-5-10(11)8-9(2)3/h5,7,9,11-12H,4,6,8H2,1-3H3/b7-5-,11-10?. The van der Waals surface area contributed by atoms with Crippen LogP contribution in [0.15, 0.2) is 12.3 Å². The van der Waals surface area contributed by atoms with Crippen molar-refractivity contribution < 1.29 is 0 Å². The Balaban J connectivity index is 3.47. The average Bonchev–Trinajstić information content (AvgIpc) is 1.97. The number of hydrogen-bond donors (Lipinski definition) is 2. The van der Waals surface area contributed by atoms with Gasteiger partial charge in [0, 0.05) is 12.3 Å². The summed E-state index contributed by atoms with van der Waals surface area (Å²) in [6.07, 6.45) is 5.70. The second-order valence-corrected chi connectivity index (χ2v) is 3.41. The lowest BCUT2D eigenvalue weighted by molar-refractivity contribution is 0.683. The third-order valence-corrected chi connectivity index (χ3v) is 1.42. The van der Waals surface area contributed by atoms with Gasteiger partial charge in [0.25, 0.3) is 0 Å². The molecule has 2 N–H and O–H groups in total. The summed E-state index contributed by atoms with van der Waals surface area (Å²) in [5.41, 5.74) is 0.702. The molecule has 0 fully saturated rings. The maximum atomic E-state index is 7.53. The highest BCUT2D eigenvalue weighted by Crippen LogP contribution is 2.00. The zero-order valence-electron chi connectivity index (χ0n) is 8.35. The van der Waals surface area contributed by atoms with Gasteiger partial charge in [0.05, 0.1) is 0 Å². The second kappa shape index (κ2) is 6.89. The summed E-state index contributed by atoms with van der Waals surface area (Å²) >= 11 is 0. The van der Waals surface area contributed by atoms with Crippen molar-refractivity contribution in [1.82, 2.24) is 5.32 Å². The lowest BCUT2D eigenvalue weighted by Gasteiger charge is -2.01. The molecule has 0 aliphatic rings. The summed E-state index contributed by atoms with van der Waals surface area (Å²) in [7, 11) is 0. The van der Waals surface area contributed by atoms with Crippen molar-refractivity contribution in [3.8, 4) is 0 Å². The number of rotatable bonds is 6. The maximum absolute atomic E-state index is 7.53. The molecule has 0 amide bonds. The molecule has 0 saturated heterocycles. The molecule has 0 bridgehead atoms. The maximum Gasteiger partial charge on any atom is 0.0330 e. The van der Waals surface area contributed by atoms with Gasteiger partial charge >= 0.3 is 0 Å². The molecule has 0 atom stereocenters. The van der Waals surface area contributed by atoms with Crippen LogP contribution >= 0.6 is 0 Å². The topological polar surface area (TPSA) is 35.9 Å². The van der Waals surface area contributed by atoms with Crippen LogP contribution < -0.4 is 5.32 Å². The zero-order valence-corrected chi connectivity index (χ0v) is 8.35. The van der Waals surface area contributed by atoms with Crippen LogP contribution in [0.25, 0.3) is 0 Å². The van der Waals surface area contributed by atoms with Crippen molar-refractivity contribution in [2.75, 3.05) is 6.54 Å². The molecule has 2 heteroatoms. The highest BCUT2D eigenvalue weighted by atomic mass is 14.8. The fourth-order valence-electron chi connectivity index (χ4n) is 0.895. The molecule has 0 saturated carbocycles. The van der Waals surface area contributed by atoms with Gasteiger partial charge in [-0.25, -0.2) is 0 Å². The normalized spacial score (nSPS) is 11.0. The van der Waals surface area contributed by atoms with Gasteiger partial charge in [-0.05, 0) is 31.0 Å². The molecule has 0 aliphatic carbocycles. The van der Waals surface area contributed by atoms with Crippen molar-refractivity contribution in [3.63, 3.8) is 0 Å². The Morgan fingerprint density at radius 2 is 2.17 bits per heavy atom. The van der Waals surface area contributed by atoms with Gasteiger partial charge in [-0.3, -0.25) is 0 Å². The minimum atomic E-state index is 0.577. The van der Waals surface area contributed by atoms with E-state index < -0.39 is 0 Å². The van der Waals surface area contributed by atoms with E-state index >= 15 is 0 Å². The Bertz CT molecular complexity index is 148. The van der Waals surface area contributed by atoms with Crippen LogP contribution in [0, 0.1) is 11.3 Å². The summed E-state index contributed by atoms with van der Waals surface area (Å²) in [5, 5.41) is 10.6. The van der Waals surface area contributed by atoms with E-state index in [1.165, 1.54) is 0 Å². The van der Waals surface area contributed by atoms with Crippen molar-refractivity contribution in [3.05, 3.63) is 12.3 Å². The van der Waals surface area contributed by atoms with Crippen molar-refractivity contribution in [2.24, 2.45) is 5.92 Å². The molecular formula is C10H20N2. The Morgan fingerprint density at radius 3 is 2.67 bits per heavy atom. The third-order valence-electron chi connectivity index (χ3n) is 1.42. The molecule has 0 spiro atoms. The minimum absolute atomic E-state index is 0.577. The Hall–Kier alpha value is -0.790. The van der Waals surface area contributed by atoms with Crippen LogP contribution in [0.2, 0.25) is 0 Å². The quantitative estimate of drug-likeness (QED) is 0.464. The molecule has 0 unspecified atom stereocenters. The minimum Gasteiger partial charge on any atom is -0.391 e. The van der Waals surface area contributed by atoms with E-state index in [-0.39, 0.29) is 0 Å². The van der Waals surface area contributed by atoms with Gasteiger partial charge in [0.15, 0.2) is 0 Å². The van der Waals surface area contributed by atoms with E-state index in [1.807, 2.05) is 12.3 Å². The summed E-state index contributed by atoms with van der Waals surface area (Å²) < 4.78 is 0. The van der Waals surface area contributed by atoms with Gasteiger partial charge in [-0.15, -0.1) is 0 Å². The fourth-order valence-corrected chi connectivity index (χ4v) is 0.895. The van der Waals surface area contributed by atoms with Gasteiger partial charge < -0.3 is 10.7 Å². The van der Waals surface area contributed by atoms with Crippen LogP contribution in [-0.4, -0.2) is 12.3 Å². The Kier molecular flexibility index (Phi) is 6.44. The highest BCUT2D eigenvalue weighted by molar-refractivity contribution is 5.92. The van der Waals surface area contributed by atoms with Crippen molar-refractivity contribution >= 4 is 5.71 Å². The first-order valence-electron chi connectivity index (χ1n) is 4.64. The van der Waals surface area contributed by atoms with Crippen LogP contribution in [0.5, 0.6) is 0 Å². The zero-order chi connectivity index (χ0) is 9.40. The molecule has 2 nitrogen and oxygen atoms in total. The van der Waals surface area contributed by atoms with E-state index in [4.69, 9.17) is 5.41 Å². The predicted octanol–water partition coefficient (Wildman–Crippen LogP) is 2.57. The molecule has 0 rings (SSSR count). The average molecular weight is 168 g/mol. The molecule has 0 aromatic heterocycles. The summed E-state index contributed by atoms with van der Waals surface area (Å²) in [5.74, 6) is 0.577. The SMILES string of the molecule is CCCN/C=C\C(=N)CC(C)C. The summed E-state index contributed by atoms with van der Waals surface area (Å²) in [4.78, 5) is 0. The van der Waals surface area contributed by atoms with Crippen LogP contribution in [-0.2, 0) is 0 Å². The lowest BCUT2D eigenvalue weighted by atomic mass is 10.1. The fraction of sp³-hybridized carbons (Fsp3) is 0.700. The lowest BCUT2D eigenvalue weighted by Crippen LogP contribution is -2.06. The van der Waals surface area contributed by atoms with Gasteiger partial charge in [-0.2, -0.15) is 0 Å². The molecule has 0 aliphatic heterocycles. The number of hydrogen-bond acceptors (Lipinski definition) is 2. The van der Waals surface area contributed by atoms with E-state index in [9.17, 15) is 0 Å². The van der Waals surface area contributed by atoms with Crippen molar-refractivity contribution in [1.29, 1.82) is 5.41 Å². The first-order valence-corrected chi connectivity index (χ1v) is 4.64. The van der Waals surface area contributed by atoms with Gasteiger partial charge in [0.2, 0.25) is 0 Å². The first-order chi connectivity index (χ1) is 5.66. The first kappa shape index (κ1) is 11.2. The molecule has 12 heavy (non-hydrogen) atoms. The summed E-state index contributed by atoms with van der Waals surface area (Å²) in [6.45, 7) is 7.37. The van der Waals surface area contributed by atoms with Gasteiger partial charge in [-0.1, -0.05) is 20.8 Å². The number of allylic oxidation sites excluding steroid dienone is 1. The van der Waals surface area contributed by atoms with Crippen LogP contribution in [0.4, 0.5) is 0 Å². The smallest absolute Gasteiger partial charge is 0.0330 e. The Labute approximate surface area is 75.6 Å². The largest absolute Gasteiger partial charge is 0.391 e. The molecule has 70 valence electrons. The molecule has 0 aromatic rings. The van der Waals surface area contributed by atoms with E-state index in [2.05, 4.69) is 26.1 Å². The third kappa shape index (κ3) is 7.32. The van der Waals surface area contributed by atoms with Crippen LogP contribution in [0.3, 0.4) is 0 Å². The molecular weight excluding hydrogens is 148 g/mol. The number of nitrogens with one attached hydrogen (secondary N) is 2. The molecule has 0 radical (unpaired) electrons. The second-order valence-electron chi connectivity index (χ2n) is 3.41. The molecule has 0 aromatic carbocycles. The Morgan fingerprint density at radius 1 is 1.50 bits per heavy atom. The van der Waals surface area contributed by atoms with Gasteiger partial charge in [0.1, 0.15) is 0 Å². The monoisotopic (exact) mass is 168 g/mol.